The predicted molar refractivity (Wildman–Crippen MR) is 84.0 cm³/mol. The van der Waals surface area contributed by atoms with Crippen LogP contribution in [0.15, 0.2) is 22.7 Å². The number of halogens is 1. The molecule has 2 saturated heterocycles. The van der Waals surface area contributed by atoms with Crippen LogP contribution in [0, 0.1) is 5.41 Å². The Labute approximate surface area is 129 Å². The lowest BCUT2D eigenvalue weighted by Crippen LogP contribution is -2.19. The normalized spacial score (nSPS) is 28.9. The molecule has 20 heavy (non-hydrogen) atoms. The fraction of sp³-hybridized carbons (Fsp3) is 0.647. The highest BCUT2D eigenvalue weighted by molar-refractivity contribution is 9.10. The summed E-state index contributed by atoms with van der Waals surface area (Å²) in [5.41, 5.74) is 3.75. The molecule has 3 heteroatoms. The van der Waals surface area contributed by atoms with Gasteiger partial charge in [0.05, 0.1) is 0 Å². The van der Waals surface area contributed by atoms with Crippen LogP contribution < -0.4 is 5.32 Å². The molecular weight excluding hydrogens is 314 g/mol. The van der Waals surface area contributed by atoms with Gasteiger partial charge >= 0.3 is 0 Å². The minimum absolute atomic E-state index is 0.563. The van der Waals surface area contributed by atoms with Crippen molar-refractivity contribution in [2.75, 3.05) is 19.8 Å². The van der Waals surface area contributed by atoms with Crippen molar-refractivity contribution in [2.45, 2.75) is 44.1 Å². The highest BCUT2D eigenvalue weighted by atomic mass is 79.9. The van der Waals surface area contributed by atoms with Crippen LogP contribution >= 0.6 is 15.9 Å². The maximum absolute atomic E-state index is 5.53. The van der Waals surface area contributed by atoms with Crippen LogP contribution in [-0.4, -0.2) is 19.8 Å². The van der Waals surface area contributed by atoms with Crippen molar-refractivity contribution in [2.24, 2.45) is 5.41 Å². The first-order valence-electron chi connectivity index (χ1n) is 7.86. The minimum Gasteiger partial charge on any atom is -0.381 e. The van der Waals surface area contributed by atoms with Crippen LogP contribution in [0.1, 0.15) is 55.2 Å². The zero-order valence-electron chi connectivity index (χ0n) is 11.8. The molecule has 1 N–H and O–H groups in total. The molecule has 1 unspecified atom stereocenters. The Balaban J connectivity index is 1.64. The molecule has 108 valence electrons. The fourth-order valence-corrected chi connectivity index (χ4v) is 4.30. The van der Waals surface area contributed by atoms with Crippen LogP contribution in [0.3, 0.4) is 0 Å². The second-order valence-electron chi connectivity index (χ2n) is 6.80. The van der Waals surface area contributed by atoms with Gasteiger partial charge in [-0.2, -0.15) is 0 Å². The standard InChI is InChI=1S/C17H22BrNO/c18-13-1-2-14(12-3-7-20-8-4-12)15(9-13)16-10-17(5-6-17)11-19-16/h1-2,9,12,16,19H,3-8,10-11H2. The van der Waals surface area contributed by atoms with Crippen LogP contribution in [0.5, 0.6) is 0 Å². The average Bonchev–Trinajstić information content (AvgIpc) is 3.09. The molecule has 1 aliphatic carbocycles. The van der Waals surface area contributed by atoms with E-state index in [-0.39, 0.29) is 0 Å². The van der Waals surface area contributed by atoms with Gasteiger partial charge in [-0.25, -0.2) is 0 Å². The van der Waals surface area contributed by atoms with Gasteiger partial charge in [0.25, 0.3) is 0 Å². The summed E-state index contributed by atoms with van der Waals surface area (Å²) in [5, 5.41) is 3.78. The van der Waals surface area contributed by atoms with Crippen LogP contribution in [0.4, 0.5) is 0 Å². The van der Waals surface area contributed by atoms with E-state index in [1.54, 1.807) is 5.56 Å². The summed E-state index contributed by atoms with van der Waals surface area (Å²) in [7, 11) is 0. The molecule has 0 bridgehead atoms. The lowest BCUT2D eigenvalue weighted by atomic mass is 9.85. The Kier molecular flexibility index (Phi) is 3.40. The van der Waals surface area contributed by atoms with Crippen LogP contribution in [0.2, 0.25) is 0 Å². The number of hydrogen-bond donors (Lipinski definition) is 1. The van der Waals surface area contributed by atoms with E-state index in [2.05, 4.69) is 39.4 Å². The van der Waals surface area contributed by atoms with Gasteiger partial charge in [-0.05, 0) is 66.7 Å². The van der Waals surface area contributed by atoms with E-state index in [4.69, 9.17) is 4.74 Å². The van der Waals surface area contributed by atoms with E-state index in [1.807, 2.05) is 0 Å². The lowest BCUT2D eigenvalue weighted by Gasteiger charge is -2.27. The van der Waals surface area contributed by atoms with Gasteiger partial charge in [-0.15, -0.1) is 0 Å². The molecule has 2 heterocycles. The summed E-state index contributed by atoms with van der Waals surface area (Å²) in [6.07, 6.45) is 6.53. The number of benzene rings is 1. The molecule has 3 aliphatic rings. The smallest absolute Gasteiger partial charge is 0.0471 e. The number of nitrogens with one attached hydrogen (secondary N) is 1. The molecule has 3 fully saturated rings. The maximum atomic E-state index is 5.53. The third-order valence-corrected chi connectivity index (χ3v) is 5.90. The first-order chi connectivity index (χ1) is 9.76. The molecular formula is C17H22BrNO. The first kappa shape index (κ1) is 13.3. The Morgan fingerprint density at radius 1 is 1.15 bits per heavy atom. The third-order valence-electron chi connectivity index (χ3n) is 5.40. The van der Waals surface area contributed by atoms with Gasteiger partial charge < -0.3 is 10.1 Å². The van der Waals surface area contributed by atoms with Gasteiger partial charge in [-0.3, -0.25) is 0 Å². The number of rotatable bonds is 2. The second-order valence-corrected chi connectivity index (χ2v) is 7.71. The molecule has 0 amide bonds. The van der Waals surface area contributed by atoms with Gasteiger partial charge in [0, 0.05) is 30.3 Å². The highest BCUT2D eigenvalue weighted by Crippen LogP contribution is 2.55. The van der Waals surface area contributed by atoms with Gasteiger partial charge in [0.2, 0.25) is 0 Å². The zero-order valence-corrected chi connectivity index (χ0v) is 13.4. The van der Waals surface area contributed by atoms with Crippen LogP contribution in [0.25, 0.3) is 0 Å². The van der Waals surface area contributed by atoms with Crippen molar-refractivity contribution >= 4 is 15.9 Å². The molecule has 1 spiro atoms. The summed E-state index contributed by atoms with van der Waals surface area (Å²) in [6, 6.07) is 7.46. The monoisotopic (exact) mass is 335 g/mol. The van der Waals surface area contributed by atoms with Gasteiger partial charge in [0.1, 0.15) is 0 Å². The van der Waals surface area contributed by atoms with Crippen molar-refractivity contribution in [3.63, 3.8) is 0 Å². The van der Waals surface area contributed by atoms with Crippen LogP contribution in [-0.2, 0) is 4.74 Å². The Hall–Kier alpha value is -0.380. The van der Waals surface area contributed by atoms with Gasteiger partial charge in [0.15, 0.2) is 0 Å². The quantitative estimate of drug-likeness (QED) is 0.876. The van der Waals surface area contributed by atoms with Crippen molar-refractivity contribution in [3.05, 3.63) is 33.8 Å². The summed E-state index contributed by atoms with van der Waals surface area (Å²) >= 11 is 3.66. The molecule has 0 radical (unpaired) electrons. The predicted octanol–water partition coefficient (Wildman–Crippen LogP) is 4.16. The maximum Gasteiger partial charge on any atom is 0.0471 e. The lowest BCUT2D eigenvalue weighted by molar-refractivity contribution is 0.0850. The van der Waals surface area contributed by atoms with E-state index >= 15 is 0 Å². The molecule has 2 aliphatic heterocycles. The van der Waals surface area contributed by atoms with E-state index in [0.29, 0.717) is 17.4 Å². The summed E-state index contributed by atoms with van der Waals surface area (Å²) in [6.45, 7) is 3.06. The summed E-state index contributed by atoms with van der Waals surface area (Å²) < 4.78 is 6.74. The van der Waals surface area contributed by atoms with Crippen molar-refractivity contribution in [1.29, 1.82) is 0 Å². The third kappa shape index (κ3) is 2.44. The number of hydrogen-bond acceptors (Lipinski definition) is 2. The zero-order chi connectivity index (χ0) is 13.6. The van der Waals surface area contributed by atoms with Crippen molar-refractivity contribution in [3.8, 4) is 0 Å². The van der Waals surface area contributed by atoms with Crippen molar-refractivity contribution < 1.29 is 4.74 Å². The highest BCUT2D eigenvalue weighted by Gasteiger charge is 2.48. The molecule has 1 aromatic rings. The Morgan fingerprint density at radius 3 is 2.65 bits per heavy atom. The number of ether oxygens (including phenoxy) is 1. The van der Waals surface area contributed by atoms with Gasteiger partial charge in [-0.1, -0.05) is 22.0 Å². The van der Waals surface area contributed by atoms with E-state index < -0.39 is 0 Å². The Bertz CT molecular complexity index is 506. The molecule has 1 aromatic carbocycles. The average molecular weight is 336 g/mol. The molecule has 4 rings (SSSR count). The molecule has 1 atom stereocenters. The minimum atomic E-state index is 0.563. The second kappa shape index (κ2) is 5.11. The van der Waals surface area contributed by atoms with E-state index in [9.17, 15) is 0 Å². The molecule has 1 saturated carbocycles. The summed E-state index contributed by atoms with van der Waals surface area (Å²) in [4.78, 5) is 0. The first-order valence-corrected chi connectivity index (χ1v) is 8.66. The molecule has 0 aromatic heterocycles. The topological polar surface area (TPSA) is 21.3 Å². The van der Waals surface area contributed by atoms with Crippen molar-refractivity contribution in [1.82, 2.24) is 5.32 Å². The fourth-order valence-electron chi connectivity index (χ4n) is 3.92. The van der Waals surface area contributed by atoms with E-state index in [1.165, 1.54) is 48.7 Å². The SMILES string of the molecule is Brc1ccc(C2CCOCC2)c(C2CC3(CC3)CN2)c1. The Morgan fingerprint density at radius 2 is 1.95 bits per heavy atom. The van der Waals surface area contributed by atoms with E-state index in [0.717, 1.165) is 13.2 Å². The molecule has 2 nitrogen and oxygen atoms in total. The largest absolute Gasteiger partial charge is 0.381 e. The summed E-state index contributed by atoms with van der Waals surface area (Å²) in [5.74, 6) is 0.685.